The summed E-state index contributed by atoms with van der Waals surface area (Å²) in [7, 11) is -1.99. The van der Waals surface area contributed by atoms with E-state index in [0.29, 0.717) is 0 Å². The first-order valence-electron chi connectivity index (χ1n) is 11.6. The molecule has 0 spiro atoms. The fourth-order valence-corrected chi connectivity index (χ4v) is 10.1. The molecule has 180 valence electrons. The Balaban J connectivity index is 0.00000193. The molecule has 4 rings (SSSR count). The van der Waals surface area contributed by atoms with Crippen molar-refractivity contribution in [3.8, 4) is 0 Å². The van der Waals surface area contributed by atoms with Gasteiger partial charge in [-0.1, -0.05) is 91.7 Å². The molecule has 0 fully saturated rings. The van der Waals surface area contributed by atoms with Crippen LogP contribution in [0.4, 0.5) is 0 Å². The summed E-state index contributed by atoms with van der Waals surface area (Å²) in [6.45, 7) is 23.9. The van der Waals surface area contributed by atoms with E-state index in [1.807, 2.05) is 0 Å². The number of benzene rings is 2. The second-order valence-electron chi connectivity index (χ2n) is 12.1. The van der Waals surface area contributed by atoms with Gasteiger partial charge in [0.2, 0.25) is 0 Å². The molecule has 0 heterocycles. The molecule has 0 radical (unpaired) electrons. The summed E-state index contributed by atoms with van der Waals surface area (Å²) in [6.07, 6.45) is 0. The first-order valence-corrected chi connectivity index (χ1v) is 14.6. The van der Waals surface area contributed by atoms with Crippen molar-refractivity contribution in [3.63, 3.8) is 0 Å². The van der Waals surface area contributed by atoms with Gasteiger partial charge in [-0.05, 0) is 10.8 Å². The van der Waals surface area contributed by atoms with Crippen molar-refractivity contribution >= 4 is 40.0 Å². The molecule has 0 aliphatic rings. The average Bonchev–Trinajstić information content (AvgIpc) is 3.14. The fourth-order valence-electron chi connectivity index (χ4n) is 5.93. The third kappa shape index (κ3) is 5.08. The molecule has 0 unspecified atom stereocenters. The van der Waals surface area contributed by atoms with Gasteiger partial charge in [0.25, 0.3) is 0 Å². The molecule has 0 saturated heterocycles. The van der Waals surface area contributed by atoms with Gasteiger partial charge in [-0.2, -0.15) is 10.4 Å². The zero-order valence-electron chi connectivity index (χ0n) is 22.4. The average molecular weight is 589 g/mol. The van der Waals surface area contributed by atoms with Gasteiger partial charge in [0.15, 0.2) is 0 Å². The first-order chi connectivity index (χ1) is 14.2. The maximum Gasteiger partial charge on any atom is 4.00 e. The van der Waals surface area contributed by atoms with Crippen LogP contribution in [-0.2, 0) is 37.0 Å². The zero-order chi connectivity index (χ0) is 22.9. The van der Waals surface area contributed by atoms with Crippen molar-refractivity contribution in [2.75, 3.05) is 0 Å². The van der Waals surface area contributed by atoms with E-state index in [1.54, 1.807) is 10.4 Å². The summed E-state index contributed by atoms with van der Waals surface area (Å²) in [4.78, 5) is 0. The fraction of sp³-hybridized carbons (Fsp3) is 0.400. The van der Waals surface area contributed by atoms with E-state index in [2.05, 4.69) is 117 Å². The van der Waals surface area contributed by atoms with Gasteiger partial charge in [-0.25, -0.2) is 0 Å². The van der Waals surface area contributed by atoms with Crippen LogP contribution in [0.3, 0.4) is 0 Å². The molecule has 34 heavy (non-hydrogen) atoms. The molecule has 0 bridgehead atoms. The van der Waals surface area contributed by atoms with E-state index >= 15 is 0 Å². The molecule has 0 nitrogen and oxygen atoms in total. The number of hydrogen-bond acceptors (Lipinski definition) is 0. The summed E-state index contributed by atoms with van der Waals surface area (Å²) in [6, 6.07) is 18.7. The predicted molar refractivity (Wildman–Crippen MR) is 143 cm³/mol. The predicted octanol–water partition coefficient (Wildman–Crippen LogP) is 1.47. The van der Waals surface area contributed by atoms with Crippen molar-refractivity contribution in [3.05, 3.63) is 70.8 Å². The van der Waals surface area contributed by atoms with Crippen molar-refractivity contribution in [2.24, 2.45) is 0 Å². The third-order valence-corrected chi connectivity index (χ3v) is 10.9. The maximum absolute atomic E-state index is 2.58. The van der Waals surface area contributed by atoms with Crippen LogP contribution in [0.5, 0.6) is 0 Å². The van der Waals surface area contributed by atoms with Gasteiger partial charge >= 0.3 is 26.2 Å². The van der Waals surface area contributed by atoms with E-state index < -0.39 is 8.07 Å². The second kappa shape index (κ2) is 10.4. The monoisotopic (exact) mass is 586 g/mol. The topological polar surface area (TPSA) is 0 Å². The quantitative estimate of drug-likeness (QED) is 0.246. The summed E-state index contributed by atoms with van der Waals surface area (Å²) in [5, 5.41) is 9.12. The molecule has 0 N–H and O–H groups in total. The van der Waals surface area contributed by atoms with E-state index in [-0.39, 0.29) is 61.8 Å². The Hall–Kier alpha value is -0.660. The van der Waals surface area contributed by atoms with Crippen LogP contribution >= 0.6 is 0 Å². The third-order valence-electron chi connectivity index (χ3n) is 7.09. The molecule has 4 aromatic rings. The number of aryl methyl sites for hydroxylation is 2. The van der Waals surface area contributed by atoms with Crippen molar-refractivity contribution < 1.29 is 51.0 Å². The van der Waals surface area contributed by atoms with Gasteiger partial charge in [0.05, 0.1) is 0 Å². The van der Waals surface area contributed by atoms with Gasteiger partial charge in [-0.15, -0.1) is 69.1 Å². The summed E-state index contributed by atoms with van der Waals surface area (Å²) < 4.78 is 0. The molecule has 0 amide bonds. The van der Waals surface area contributed by atoms with Crippen LogP contribution in [0.1, 0.15) is 63.8 Å². The Bertz CT molecular complexity index is 1190. The van der Waals surface area contributed by atoms with E-state index in [1.165, 1.54) is 43.8 Å². The molecule has 0 aliphatic heterocycles. The molecule has 0 aromatic heterocycles. The van der Waals surface area contributed by atoms with Gasteiger partial charge in [0.1, 0.15) is 0 Å². The first kappa shape index (κ1) is 31.4. The van der Waals surface area contributed by atoms with Crippen molar-refractivity contribution in [2.45, 2.75) is 79.3 Å². The molecule has 4 heteroatoms. The van der Waals surface area contributed by atoms with E-state index in [4.69, 9.17) is 0 Å². The summed E-state index contributed by atoms with van der Waals surface area (Å²) in [5.74, 6) is 0. The Labute approximate surface area is 239 Å². The number of hydrogen-bond donors (Lipinski definition) is 0. The van der Waals surface area contributed by atoms with E-state index in [0.717, 1.165) is 0 Å². The Morgan fingerprint density at radius 2 is 0.941 bits per heavy atom. The number of halogens is 2. The van der Waals surface area contributed by atoms with Crippen molar-refractivity contribution in [1.29, 1.82) is 0 Å². The number of rotatable bonds is 2. The van der Waals surface area contributed by atoms with Crippen LogP contribution in [0.2, 0.25) is 13.1 Å². The van der Waals surface area contributed by atoms with Crippen LogP contribution in [0.15, 0.2) is 48.5 Å². The molecular formula is C30H38Cl2SiZr. The van der Waals surface area contributed by atoms with Gasteiger partial charge in [-0.3, -0.25) is 0 Å². The minimum absolute atomic E-state index is 0. The standard InChI is InChI=1S/C30H38Si.2ClH.Zr/c1-19-17-21-13-11-15-23(29(3,4)5)25(21)27(19)31(9,10)28-20(2)18-22-14-12-16-24(26(22)28)30(6,7)8;;;/h11-18H,1-10H3;2*1H;/q-2;;;+4/p-2. The maximum atomic E-state index is 2.58. The van der Waals surface area contributed by atoms with Crippen molar-refractivity contribution in [1.82, 2.24) is 0 Å². The van der Waals surface area contributed by atoms with Gasteiger partial charge < -0.3 is 24.8 Å². The second-order valence-corrected chi connectivity index (χ2v) is 16.3. The van der Waals surface area contributed by atoms with E-state index in [9.17, 15) is 0 Å². The summed E-state index contributed by atoms with van der Waals surface area (Å²) in [5.41, 5.74) is 6.14. The Morgan fingerprint density at radius 1 is 0.618 bits per heavy atom. The minimum atomic E-state index is -1.99. The Morgan fingerprint density at radius 3 is 1.24 bits per heavy atom. The normalized spacial score (nSPS) is 12.3. The SMILES string of the molecule is Cc1[cH-]c2cccc(C(C)(C)C)c2c1[Si](C)(C)c1c(C)[cH-]c2cccc(C(C)(C)C)c12.[Cl-].[Cl-].[Zr+4]. The summed E-state index contributed by atoms with van der Waals surface area (Å²) >= 11 is 0. The smallest absolute Gasteiger partial charge is 1.00 e. The Kier molecular flexibility index (Phi) is 9.57. The zero-order valence-corrected chi connectivity index (χ0v) is 27.3. The molecule has 0 atom stereocenters. The van der Waals surface area contributed by atoms with Crippen LogP contribution in [0.25, 0.3) is 21.5 Å². The molecule has 0 saturated carbocycles. The van der Waals surface area contributed by atoms with Gasteiger partial charge in [0, 0.05) is 8.07 Å². The van der Waals surface area contributed by atoms with Crippen LogP contribution < -0.4 is 35.2 Å². The van der Waals surface area contributed by atoms with Crippen LogP contribution in [0, 0.1) is 13.8 Å². The molecular weight excluding hydrogens is 551 g/mol. The minimum Gasteiger partial charge on any atom is -1.00 e. The largest absolute Gasteiger partial charge is 4.00 e. The molecule has 0 aliphatic carbocycles. The number of fused-ring (bicyclic) bond motifs is 2. The molecule has 4 aromatic carbocycles. The van der Waals surface area contributed by atoms with Crippen LogP contribution in [-0.4, -0.2) is 8.07 Å².